The van der Waals surface area contributed by atoms with Crippen LogP contribution in [0.2, 0.25) is 0 Å². The fraction of sp³-hybridized carbons (Fsp3) is 0.0417. The molecule has 4 aromatic rings. The Labute approximate surface area is 188 Å². The van der Waals surface area contributed by atoms with Crippen molar-refractivity contribution in [2.45, 2.75) is 10.1 Å². The molecular formula is C24H18N4OS2. The smallest absolute Gasteiger partial charge is 0.269 e. The highest BCUT2D eigenvalue weighted by atomic mass is 32.2. The Kier molecular flexibility index (Phi) is 6.32. The summed E-state index contributed by atoms with van der Waals surface area (Å²) in [5, 5.41) is 8.86. The topological polar surface area (TPSA) is 77.8 Å². The molecule has 31 heavy (non-hydrogen) atoms. The molecule has 0 saturated heterocycles. The fourth-order valence-electron chi connectivity index (χ4n) is 2.83. The van der Waals surface area contributed by atoms with Crippen molar-refractivity contribution in [1.82, 2.24) is 15.8 Å². The third kappa shape index (κ3) is 5.12. The molecule has 0 radical (unpaired) electrons. The molecule has 0 bridgehead atoms. The molecule has 1 heterocycles. The first kappa shape index (κ1) is 20.7. The molecule has 0 atom stereocenters. The van der Waals surface area contributed by atoms with Crippen molar-refractivity contribution in [3.8, 4) is 6.07 Å². The number of hydrogen-bond acceptors (Lipinski definition) is 6. The van der Waals surface area contributed by atoms with E-state index < -0.39 is 0 Å². The summed E-state index contributed by atoms with van der Waals surface area (Å²) >= 11 is 3.38. The Morgan fingerprint density at radius 3 is 2.42 bits per heavy atom. The molecule has 0 saturated carbocycles. The zero-order valence-corrected chi connectivity index (χ0v) is 18.1. The Balaban J connectivity index is 1.30. The number of para-hydroxylation sites is 1. The lowest BCUT2D eigenvalue weighted by molar-refractivity contribution is 0.0942. The molecule has 3 aromatic carbocycles. The summed E-state index contributed by atoms with van der Waals surface area (Å²) in [7, 11) is 0. The molecule has 0 aliphatic rings. The monoisotopic (exact) mass is 442 g/mol. The molecule has 2 N–H and O–H groups in total. The van der Waals surface area contributed by atoms with Crippen LogP contribution in [0.25, 0.3) is 15.9 Å². The summed E-state index contributed by atoms with van der Waals surface area (Å²) in [6.45, 7) is 3.91. The third-order valence-corrected chi connectivity index (χ3v) is 6.79. The number of rotatable bonds is 7. The zero-order chi connectivity index (χ0) is 21.6. The molecule has 4 rings (SSSR count). The first-order valence-electron chi connectivity index (χ1n) is 9.45. The van der Waals surface area contributed by atoms with Crippen LogP contribution in [-0.2, 0) is 5.75 Å². The van der Waals surface area contributed by atoms with Crippen LogP contribution in [0.15, 0.2) is 83.7 Å². The second-order valence-electron chi connectivity index (χ2n) is 6.68. The van der Waals surface area contributed by atoms with Gasteiger partial charge in [0.15, 0.2) is 4.34 Å². The number of amides is 1. The van der Waals surface area contributed by atoms with Gasteiger partial charge >= 0.3 is 0 Å². The highest BCUT2D eigenvalue weighted by Crippen LogP contribution is 2.31. The minimum absolute atomic E-state index is 0.250. The number of thioether (sulfide) groups is 1. The second kappa shape index (κ2) is 9.47. The van der Waals surface area contributed by atoms with E-state index in [1.54, 1.807) is 59.5 Å². The standard InChI is InChI=1S/C24H18N4OS2/c1-16(19-10-6-17(14-25)7-11-19)27-28-23(29)20-12-8-18(9-13-20)15-30-24-26-21-4-2-3-5-22(21)31-24/h2-13,27H,1,15H2,(H,28,29). The fourth-order valence-corrected chi connectivity index (χ4v) is 4.86. The summed E-state index contributed by atoms with van der Waals surface area (Å²) in [6, 6.07) is 24.6. The van der Waals surface area contributed by atoms with Gasteiger partial charge in [-0.15, -0.1) is 11.3 Å². The number of benzene rings is 3. The van der Waals surface area contributed by atoms with Crippen LogP contribution in [0.1, 0.15) is 27.0 Å². The number of thiazole rings is 1. The van der Waals surface area contributed by atoms with E-state index in [0.29, 0.717) is 16.8 Å². The highest BCUT2D eigenvalue weighted by molar-refractivity contribution is 8.00. The maximum atomic E-state index is 12.4. The van der Waals surface area contributed by atoms with Crippen molar-refractivity contribution in [3.05, 3.63) is 102 Å². The molecule has 0 fully saturated rings. The number of carbonyl (C=O) groups is 1. The van der Waals surface area contributed by atoms with Gasteiger partial charge in [-0.2, -0.15) is 5.26 Å². The number of hydrazine groups is 1. The third-order valence-electron chi connectivity index (χ3n) is 4.54. The van der Waals surface area contributed by atoms with Gasteiger partial charge in [-0.1, -0.05) is 54.7 Å². The molecular weight excluding hydrogens is 424 g/mol. The lowest BCUT2D eigenvalue weighted by Gasteiger charge is -2.11. The van der Waals surface area contributed by atoms with Crippen molar-refractivity contribution in [1.29, 1.82) is 5.26 Å². The highest BCUT2D eigenvalue weighted by Gasteiger charge is 2.08. The van der Waals surface area contributed by atoms with Crippen LogP contribution in [0.4, 0.5) is 0 Å². The van der Waals surface area contributed by atoms with Crippen LogP contribution in [0.5, 0.6) is 0 Å². The number of nitrogens with zero attached hydrogens (tertiary/aromatic N) is 2. The van der Waals surface area contributed by atoms with Gasteiger partial charge in [0, 0.05) is 11.3 Å². The van der Waals surface area contributed by atoms with Crippen molar-refractivity contribution in [2.75, 3.05) is 0 Å². The van der Waals surface area contributed by atoms with Gasteiger partial charge in [0.25, 0.3) is 5.91 Å². The average molecular weight is 443 g/mol. The van der Waals surface area contributed by atoms with Crippen LogP contribution >= 0.6 is 23.1 Å². The molecule has 0 spiro atoms. The number of aromatic nitrogens is 1. The minimum Gasteiger partial charge on any atom is -0.298 e. The van der Waals surface area contributed by atoms with Gasteiger partial charge in [-0.25, -0.2) is 4.98 Å². The van der Waals surface area contributed by atoms with Crippen molar-refractivity contribution in [2.24, 2.45) is 0 Å². The van der Waals surface area contributed by atoms with Crippen LogP contribution < -0.4 is 10.9 Å². The van der Waals surface area contributed by atoms with Crippen LogP contribution in [-0.4, -0.2) is 10.9 Å². The van der Waals surface area contributed by atoms with E-state index in [9.17, 15) is 4.79 Å². The summed E-state index contributed by atoms with van der Waals surface area (Å²) in [5.41, 5.74) is 10.1. The Morgan fingerprint density at radius 2 is 1.71 bits per heavy atom. The van der Waals surface area contributed by atoms with Gasteiger partial charge in [-0.3, -0.25) is 15.6 Å². The first-order chi connectivity index (χ1) is 15.1. The number of carbonyl (C=O) groups excluding carboxylic acids is 1. The molecule has 0 aliphatic heterocycles. The summed E-state index contributed by atoms with van der Waals surface area (Å²) < 4.78 is 2.22. The van der Waals surface area contributed by atoms with E-state index >= 15 is 0 Å². The SMILES string of the molecule is C=C(NNC(=O)c1ccc(CSc2nc3ccccc3s2)cc1)c1ccc(C#N)cc1. The predicted molar refractivity (Wildman–Crippen MR) is 126 cm³/mol. The zero-order valence-electron chi connectivity index (χ0n) is 16.5. The summed E-state index contributed by atoms with van der Waals surface area (Å²) in [6.07, 6.45) is 0. The van der Waals surface area contributed by atoms with Gasteiger partial charge in [0.2, 0.25) is 0 Å². The van der Waals surface area contributed by atoms with Crippen molar-refractivity contribution < 1.29 is 4.79 Å². The second-order valence-corrected chi connectivity index (χ2v) is 8.93. The predicted octanol–water partition coefficient (Wildman–Crippen LogP) is 5.37. The Hall–Kier alpha value is -3.60. The van der Waals surface area contributed by atoms with Gasteiger partial charge in [0.1, 0.15) is 0 Å². The van der Waals surface area contributed by atoms with E-state index in [-0.39, 0.29) is 5.91 Å². The average Bonchev–Trinajstić information content (AvgIpc) is 3.24. The number of nitrogens with one attached hydrogen (secondary N) is 2. The summed E-state index contributed by atoms with van der Waals surface area (Å²) in [4.78, 5) is 17.0. The molecule has 1 aromatic heterocycles. The molecule has 1 amide bonds. The number of hydrogen-bond donors (Lipinski definition) is 2. The first-order valence-corrected chi connectivity index (χ1v) is 11.3. The largest absolute Gasteiger partial charge is 0.298 e. The normalized spacial score (nSPS) is 10.4. The van der Waals surface area contributed by atoms with E-state index in [1.165, 1.54) is 4.70 Å². The van der Waals surface area contributed by atoms with Gasteiger partial charge < -0.3 is 0 Å². The molecule has 0 aliphatic carbocycles. The van der Waals surface area contributed by atoms with Crippen LogP contribution in [0, 0.1) is 11.3 Å². The minimum atomic E-state index is -0.250. The van der Waals surface area contributed by atoms with E-state index in [4.69, 9.17) is 5.26 Å². The number of fused-ring (bicyclic) bond motifs is 1. The summed E-state index contributed by atoms with van der Waals surface area (Å²) in [5.74, 6) is 0.537. The van der Waals surface area contributed by atoms with Gasteiger partial charge in [-0.05, 0) is 47.5 Å². The molecule has 7 heteroatoms. The molecule has 0 unspecified atom stereocenters. The van der Waals surface area contributed by atoms with Crippen LogP contribution in [0.3, 0.4) is 0 Å². The molecule has 152 valence electrons. The lowest BCUT2D eigenvalue weighted by atomic mass is 10.1. The molecule has 5 nitrogen and oxygen atoms in total. The lowest BCUT2D eigenvalue weighted by Crippen LogP contribution is -2.35. The maximum absolute atomic E-state index is 12.4. The van der Waals surface area contributed by atoms with E-state index in [1.807, 2.05) is 30.3 Å². The Morgan fingerprint density at radius 1 is 1.00 bits per heavy atom. The van der Waals surface area contributed by atoms with E-state index in [2.05, 4.69) is 34.6 Å². The van der Waals surface area contributed by atoms with Gasteiger partial charge in [0.05, 0.1) is 27.5 Å². The quantitative estimate of drug-likeness (QED) is 0.297. The number of nitriles is 1. The Bertz CT molecular complexity index is 1240. The van der Waals surface area contributed by atoms with Crippen molar-refractivity contribution >= 4 is 44.9 Å². The van der Waals surface area contributed by atoms with Crippen molar-refractivity contribution in [3.63, 3.8) is 0 Å². The maximum Gasteiger partial charge on any atom is 0.269 e. The van der Waals surface area contributed by atoms with E-state index in [0.717, 1.165) is 26.7 Å².